The smallest absolute Gasteiger partial charge is 0.0569 e. The van der Waals surface area contributed by atoms with Crippen molar-refractivity contribution in [3.8, 4) is 0 Å². The molecule has 0 fully saturated rings. The van der Waals surface area contributed by atoms with Gasteiger partial charge in [-0.15, -0.1) is 0 Å². The molecule has 1 aliphatic carbocycles. The molecule has 0 aromatic carbocycles. The highest BCUT2D eigenvalue weighted by Gasteiger charge is 2.26. The van der Waals surface area contributed by atoms with Crippen LogP contribution in [0.1, 0.15) is 32.6 Å². The topological polar surface area (TPSA) is 3.24 Å². The van der Waals surface area contributed by atoms with Crippen LogP contribution in [0.5, 0.6) is 0 Å². The highest BCUT2D eigenvalue weighted by Crippen LogP contribution is 2.30. The van der Waals surface area contributed by atoms with Crippen molar-refractivity contribution in [2.24, 2.45) is 5.92 Å². The zero-order valence-corrected chi connectivity index (χ0v) is 11.5. The van der Waals surface area contributed by atoms with E-state index in [4.69, 9.17) is 0 Å². The minimum atomic E-state index is 0.572. The number of hydrogen-bond acceptors (Lipinski definition) is 1. The SMILES string of the molecule is CCCCCCN1C=CC2C=C(Br)C=CC21. The van der Waals surface area contributed by atoms with Crippen molar-refractivity contribution < 1.29 is 0 Å². The van der Waals surface area contributed by atoms with Gasteiger partial charge in [0.05, 0.1) is 6.04 Å². The Balaban J connectivity index is 1.81. The quantitative estimate of drug-likeness (QED) is 0.682. The molecule has 2 aliphatic rings. The Bertz CT molecular complexity index is 317. The first-order valence-electron chi connectivity index (χ1n) is 6.31. The highest BCUT2D eigenvalue weighted by atomic mass is 79.9. The number of allylic oxidation sites excluding steroid dienone is 2. The molecule has 0 radical (unpaired) electrons. The maximum absolute atomic E-state index is 3.54. The third kappa shape index (κ3) is 2.79. The molecule has 0 aromatic rings. The van der Waals surface area contributed by atoms with Crippen LogP contribution in [0.25, 0.3) is 0 Å². The van der Waals surface area contributed by atoms with Crippen LogP contribution in [0.4, 0.5) is 0 Å². The van der Waals surface area contributed by atoms with E-state index in [0.717, 1.165) is 0 Å². The van der Waals surface area contributed by atoms with Crippen molar-refractivity contribution in [3.63, 3.8) is 0 Å². The van der Waals surface area contributed by atoms with Gasteiger partial charge in [0.25, 0.3) is 0 Å². The molecule has 0 spiro atoms. The summed E-state index contributed by atoms with van der Waals surface area (Å²) in [5, 5.41) is 0. The molecule has 2 heteroatoms. The average Bonchev–Trinajstić information content (AvgIpc) is 2.67. The van der Waals surface area contributed by atoms with E-state index in [9.17, 15) is 0 Å². The first-order valence-corrected chi connectivity index (χ1v) is 7.10. The first-order chi connectivity index (χ1) is 7.81. The largest absolute Gasteiger partial charge is 0.370 e. The van der Waals surface area contributed by atoms with Crippen LogP contribution in [-0.4, -0.2) is 17.5 Å². The minimum Gasteiger partial charge on any atom is -0.370 e. The number of nitrogens with zero attached hydrogens (tertiary/aromatic N) is 1. The number of fused-ring (bicyclic) bond motifs is 1. The molecule has 2 rings (SSSR count). The van der Waals surface area contributed by atoms with Crippen LogP contribution in [0.3, 0.4) is 0 Å². The van der Waals surface area contributed by atoms with Gasteiger partial charge in [-0.3, -0.25) is 0 Å². The summed E-state index contributed by atoms with van der Waals surface area (Å²) in [6.45, 7) is 3.46. The lowest BCUT2D eigenvalue weighted by Gasteiger charge is -2.28. The van der Waals surface area contributed by atoms with E-state index in [2.05, 4.69) is 58.3 Å². The Morgan fingerprint density at radius 2 is 2.12 bits per heavy atom. The maximum atomic E-state index is 3.54. The molecule has 2 unspecified atom stereocenters. The lowest BCUT2D eigenvalue weighted by molar-refractivity contribution is 0.310. The summed E-state index contributed by atoms with van der Waals surface area (Å²) in [6.07, 6.45) is 16.7. The monoisotopic (exact) mass is 281 g/mol. The summed E-state index contributed by atoms with van der Waals surface area (Å²) < 4.78 is 1.21. The van der Waals surface area contributed by atoms with E-state index < -0.39 is 0 Å². The van der Waals surface area contributed by atoms with Gasteiger partial charge in [-0.2, -0.15) is 0 Å². The van der Waals surface area contributed by atoms with Crippen molar-refractivity contribution in [2.45, 2.75) is 38.6 Å². The molecule has 0 saturated carbocycles. The molecule has 1 nitrogen and oxygen atoms in total. The van der Waals surface area contributed by atoms with Crippen molar-refractivity contribution in [3.05, 3.63) is 35.0 Å². The second-order valence-corrected chi connectivity index (χ2v) is 5.53. The Morgan fingerprint density at radius 3 is 2.94 bits per heavy atom. The number of hydrogen-bond donors (Lipinski definition) is 0. The standard InChI is InChI=1S/C14H20BrN/c1-2-3-4-5-9-16-10-8-12-11-13(15)6-7-14(12)16/h6-8,10-12,14H,2-5,9H2,1H3. The average molecular weight is 282 g/mol. The molecular formula is C14H20BrN. The molecule has 0 N–H and O–H groups in total. The summed E-state index contributed by atoms with van der Waals surface area (Å²) in [4.78, 5) is 2.48. The van der Waals surface area contributed by atoms with Gasteiger partial charge in [0.2, 0.25) is 0 Å². The van der Waals surface area contributed by atoms with Gasteiger partial charge in [-0.25, -0.2) is 0 Å². The lowest BCUT2D eigenvalue weighted by Crippen LogP contribution is -2.31. The summed E-state index contributed by atoms with van der Waals surface area (Å²) in [7, 11) is 0. The van der Waals surface area contributed by atoms with Gasteiger partial charge in [-0.05, 0) is 12.6 Å². The highest BCUT2D eigenvalue weighted by molar-refractivity contribution is 9.11. The maximum Gasteiger partial charge on any atom is 0.0569 e. The molecule has 2 atom stereocenters. The minimum absolute atomic E-state index is 0.572. The third-order valence-electron chi connectivity index (χ3n) is 3.35. The normalized spacial score (nSPS) is 27.1. The van der Waals surface area contributed by atoms with Gasteiger partial charge in [0, 0.05) is 16.9 Å². The van der Waals surface area contributed by atoms with E-state index in [1.54, 1.807) is 0 Å². The predicted octanol–water partition coefficient (Wildman–Crippen LogP) is 4.23. The Hall–Kier alpha value is -0.500. The number of unbranched alkanes of at least 4 members (excludes halogenated alkanes) is 3. The van der Waals surface area contributed by atoms with Crippen molar-refractivity contribution >= 4 is 15.9 Å². The molecule has 0 saturated heterocycles. The Labute approximate surface area is 107 Å². The van der Waals surface area contributed by atoms with E-state index in [1.807, 2.05) is 0 Å². The van der Waals surface area contributed by atoms with Crippen LogP contribution in [0.2, 0.25) is 0 Å². The predicted molar refractivity (Wildman–Crippen MR) is 73.4 cm³/mol. The van der Waals surface area contributed by atoms with Crippen LogP contribution in [0.15, 0.2) is 35.0 Å². The molecule has 1 aliphatic heterocycles. The molecule has 0 amide bonds. The first kappa shape index (κ1) is 12.0. The fraction of sp³-hybridized carbons (Fsp3) is 0.571. The third-order valence-corrected chi connectivity index (χ3v) is 3.88. The van der Waals surface area contributed by atoms with Crippen LogP contribution in [0, 0.1) is 5.92 Å². The molecule has 16 heavy (non-hydrogen) atoms. The summed E-state index contributed by atoms with van der Waals surface area (Å²) >= 11 is 3.54. The molecule has 0 bridgehead atoms. The Morgan fingerprint density at radius 1 is 1.25 bits per heavy atom. The summed E-state index contributed by atoms with van der Waals surface area (Å²) in [5.74, 6) is 0.575. The van der Waals surface area contributed by atoms with Gasteiger partial charge in [0.15, 0.2) is 0 Å². The fourth-order valence-corrected chi connectivity index (χ4v) is 2.87. The molecular weight excluding hydrogens is 262 g/mol. The lowest BCUT2D eigenvalue weighted by atomic mass is 9.97. The van der Waals surface area contributed by atoms with E-state index >= 15 is 0 Å². The van der Waals surface area contributed by atoms with Gasteiger partial charge < -0.3 is 4.90 Å². The number of halogens is 1. The summed E-state index contributed by atoms with van der Waals surface area (Å²) in [6, 6.07) is 0.572. The van der Waals surface area contributed by atoms with E-state index in [-0.39, 0.29) is 0 Å². The second-order valence-electron chi connectivity index (χ2n) is 4.62. The Kier molecular flexibility index (Phi) is 4.28. The fourth-order valence-electron chi connectivity index (χ4n) is 2.41. The number of rotatable bonds is 5. The second kappa shape index (κ2) is 5.72. The van der Waals surface area contributed by atoms with Gasteiger partial charge >= 0.3 is 0 Å². The van der Waals surface area contributed by atoms with Gasteiger partial charge in [0.1, 0.15) is 0 Å². The zero-order chi connectivity index (χ0) is 11.4. The zero-order valence-electron chi connectivity index (χ0n) is 9.90. The van der Waals surface area contributed by atoms with Crippen LogP contribution in [-0.2, 0) is 0 Å². The molecule has 1 heterocycles. The van der Waals surface area contributed by atoms with E-state index in [0.29, 0.717) is 12.0 Å². The van der Waals surface area contributed by atoms with Crippen molar-refractivity contribution in [1.29, 1.82) is 0 Å². The van der Waals surface area contributed by atoms with E-state index in [1.165, 1.54) is 36.7 Å². The van der Waals surface area contributed by atoms with Gasteiger partial charge in [-0.1, -0.05) is 66.4 Å². The summed E-state index contributed by atoms with van der Waals surface area (Å²) in [5.41, 5.74) is 0. The van der Waals surface area contributed by atoms with Crippen LogP contribution < -0.4 is 0 Å². The molecule has 0 aromatic heterocycles. The molecule has 88 valence electrons. The van der Waals surface area contributed by atoms with Crippen molar-refractivity contribution in [1.82, 2.24) is 4.90 Å². The van der Waals surface area contributed by atoms with Crippen molar-refractivity contribution in [2.75, 3.05) is 6.54 Å². The van der Waals surface area contributed by atoms with Crippen LogP contribution >= 0.6 is 15.9 Å².